The van der Waals surface area contributed by atoms with E-state index in [9.17, 15) is 23.1 Å². The molecule has 31 heavy (non-hydrogen) atoms. The summed E-state index contributed by atoms with van der Waals surface area (Å²) in [6, 6.07) is 0. The fourth-order valence-corrected chi connectivity index (χ4v) is 5.74. The first-order valence-electron chi connectivity index (χ1n) is 11.2. The number of hydrogen-bond donors (Lipinski definition) is 2. The van der Waals surface area contributed by atoms with Crippen LogP contribution in [-0.4, -0.2) is 42.2 Å². The number of methoxy groups -OCH3 is 1. The lowest BCUT2D eigenvalue weighted by atomic mass is 9.66. The van der Waals surface area contributed by atoms with E-state index in [0.717, 1.165) is 24.8 Å². The summed E-state index contributed by atoms with van der Waals surface area (Å²) in [5.74, 6) is -0.595. The van der Waals surface area contributed by atoms with Crippen LogP contribution in [0.15, 0.2) is 35.5 Å². The van der Waals surface area contributed by atoms with Gasteiger partial charge in [-0.2, -0.15) is 13.2 Å². The lowest BCUT2D eigenvalue weighted by Crippen LogP contribution is -2.33. The van der Waals surface area contributed by atoms with Crippen LogP contribution in [0.25, 0.3) is 0 Å². The van der Waals surface area contributed by atoms with Gasteiger partial charge in [0.2, 0.25) is 0 Å². The molecule has 0 fully saturated rings. The Bertz CT molecular complexity index is 725. The highest BCUT2D eigenvalue weighted by molar-refractivity contribution is 5.66. The molecule has 0 radical (unpaired) electrons. The van der Waals surface area contributed by atoms with Crippen molar-refractivity contribution in [2.75, 3.05) is 13.7 Å². The first-order valence-corrected chi connectivity index (χ1v) is 11.2. The molecule has 4 nitrogen and oxygen atoms in total. The summed E-state index contributed by atoms with van der Waals surface area (Å²) in [4.78, 5) is 11.1. The highest BCUT2D eigenvalue weighted by Crippen LogP contribution is 2.46. The van der Waals surface area contributed by atoms with E-state index in [1.54, 1.807) is 7.11 Å². The van der Waals surface area contributed by atoms with Gasteiger partial charge in [0.1, 0.15) is 0 Å². The molecule has 0 aromatic heterocycles. The first kappa shape index (κ1) is 24.1. The van der Waals surface area contributed by atoms with Crippen LogP contribution in [0.1, 0.15) is 51.4 Å². The molecule has 0 heterocycles. The summed E-state index contributed by atoms with van der Waals surface area (Å²) in [5, 5.41) is 19.2. The van der Waals surface area contributed by atoms with Crippen molar-refractivity contribution in [3.8, 4) is 0 Å². The van der Waals surface area contributed by atoms with Crippen molar-refractivity contribution in [1.29, 1.82) is 0 Å². The number of aliphatic hydroxyl groups excluding tert-OH is 1. The Balaban J connectivity index is 1.79. The zero-order valence-electron chi connectivity index (χ0n) is 18.0. The molecule has 174 valence electrons. The van der Waals surface area contributed by atoms with Crippen LogP contribution in [-0.2, 0) is 9.53 Å². The molecule has 7 heteroatoms. The number of ether oxygens (including phenoxy) is 1. The molecule has 6 atom stereocenters. The predicted molar refractivity (Wildman–Crippen MR) is 111 cm³/mol. The summed E-state index contributed by atoms with van der Waals surface area (Å²) >= 11 is 0. The maximum absolute atomic E-state index is 13.2. The van der Waals surface area contributed by atoms with Crippen molar-refractivity contribution in [3.63, 3.8) is 0 Å². The number of rotatable bonds is 7. The normalized spacial score (nSPS) is 34.2. The molecule has 0 aliphatic heterocycles. The van der Waals surface area contributed by atoms with Crippen molar-refractivity contribution < 1.29 is 32.9 Å². The molecule has 3 aliphatic carbocycles. The second-order valence-corrected chi connectivity index (χ2v) is 9.16. The third-order valence-electron chi connectivity index (χ3n) is 7.33. The van der Waals surface area contributed by atoms with Crippen LogP contribution >= 0.6 is 0 Å². The summed E-state index contributed by atoms with van der Waals surface area (Å²) in [6.45, 7) is -0.149. The fourth-order valence-electron chi connectivity index (χ4n) is 5.74. The highest BCUT2D eigenvalue weighted by atomic mass is 19.4. The third kappa shape index (κ3) is 6.01. The molecule has 3 aliphatic rings. The van der Waals surface area contributed by atoms with Crippen molar-refractivity contribution in [2.24, 2.45) is 29.6 Å². The largest absolute Gasteiger partial charge is 0.481 e. The minimum Gasteiger partial charge on any atom is -0.481 e. The number of allylic oxidation sites excluding steroid dienone is 4. The number of alkyl halides is 3. The Kier molecular flexibility index (Phi) is 8.03. The number of halogens is 3. The van der Waals surface area contributed by atoms with Gasteiger partial charge in [0.05, 0.1) is 12.7 Å². The third-order valence-corrected chi connectivity index (χ3v) is 7.33. The summed E-state index contributed by atoms with van der Waals surface area (Å²) in [6.07, 6.45) is 7.62. The summed E-state index contributed by atoms with van der Waals surface area (Å²) in [7, 11) is 1.64. The van der Waals surface area contributed by atoms with Crippen molar-refractivity contribution >= 4 is 5.97 Å². The molecule has 0 bridgehead atoms. The lowest BCUT2D eigenvalue weighted by Gasteiger charge is -2.40. The van der Waals surface area contributed by atoms with Gasteiger partial charge in [-0.3, -0.25) is 4.79 Å². The van der Waals surface area contributed by atoms with Crippen LogP contribution in [0.2, 0.25) is 0 Å². The number of carbonyl (C=O) groups is 1. The molecule has 0 aromatic carbocycles. The van der Waals surface area contributed by atoms with E-state index in [1.807, 2.05) is 6.08 Å². The van der Waals surface area contributed by atoms with Crippen molar-refractivity contribution in [3.05, 3.63) is 35.5 Å². The standard InChI is InChI=1S/C24H33F3O4/c1-31-20-7-9-21(17(13-20)6-10-23(29)30)16-5-8-22(18(11-16)14-28)15-3-2-4-19(12-15)24(25,26)27/h7,9,11-12,15-17,20-22,28H,2-6,8,10,13-14H2,1H3,(H,29,30). The average molecular weight is 443 g/mol. The van der Waals surface area contributed by atoms with Crippen molar-refractivity contribution in [1.82, 2.24) is 0 Å². The van der Waals surface area contributed by atoms with Gasteiger partial charge in [-0.15, -0.1) is 0 Å². The molecular formula is C24H33F3O4. The minimum absolute atomic E-state index is 0.0270. The van der Waals surface area contributed by atoms with Crippen LogP contribution in [0.3, 0.4) is 0 Å². The number of aliphatic carboxylic acids is 1. The van der Waals surface area contributed by atoms with E-state index >= 15 is 0 Å². The van der Waals surface area contributed by atoms with E-state index in [1.165, 1.54) is 6.08 Å². The monoisotopic (exact) mass is 442 g/mol. The number of carboxylic acid groups (broad SMARTS) is 1. The predicted octanol–water partition coefficient (Wildman–Crippen LogP) is 5.29. The lowest BCUT2D eigenvalue weighted by molar-refractivity contribution is -0.137. The number of carboxylic acids is 1. The van der Waals surface area contributed by atoms with Gasteiger partial charge in [0.25, 0.3) is 0 Å². The van der Waals surface area contributed by atoms with Crippen LogP contribution in [0, 0.1) is 29.6 Å². The van der Waals surface area contributed by atoms with Gasteiger partial charge in [-0.25, -0.2) is 0 Å². The SMILES string of the molecule is COC1C=CC(C2C=C(CO)C(C3C=C(C(F)(F)F)CCC3)CC2)C(CCC(=O)O)C1. The molecule has 6 unspecified atom stereocenters. The quantitative estimate of drug-likeness (QED) is 0.526. The van der Waals surface area contributed by atoms with Gasteiger partial charge in [0.15, 0.2) is 0 Å². The molecule has 3 rings (SSSR count). The molecule has 2 N–H and O–H groups in total. The van der Waals surface area contributed by atoms with E-state index in [0.29, 0.717) is 19.3 Å². The molecule has 0 saturated heterocycles. The highest BCUT2D eigenvalue weighted by Gasteiger charge is 2.39. The van der Waals surface area contributed by atoms with Crippen LogP contribution in [0.4, 0.5) is 13.2 Å². The molecular weight excluding hydrogens is 409 g/mol. The van der Waals surface area contributed by atoms with Gasteiger partial charge < -0.3 is 14.9 Å². The molecule has 0 spiro atoms. The van der Waals surface area contributed by atoms with E-state index < -0.39 is 17.7 Å². The van der Waals surface area contributed by atoms with Gasteiger partial charge >= 0.3 is 12.1 Å². The smallest absolute Gasteiger partial charge is 0.412 e. The Morgan fingerprint density at radius 3 is 2.58 bits per heavy atom. The zero-order valence-corrected chi connectivity index (χ0v) is 18.0. The Morgan fingerprint density at radius 2 is 1.94 bits per heavy atom. The Labute approximate surface area is 181 Å². The van der Waals surface area contributed by atoms with Crippen LogP contribution in [0.5, 0.6) is 0 Å². The molecule has 0 aromatic rings. The second-order valence-electron chi connectivity index (χ2n) is 9.16. The minimum atomic E-state index is -4.28. The average Bonchev–Trinajstić information content (AvgIpc) is 2.76. The number of aliphatic hydroxyl groups is 1. The Morgan fingerprint density at radius 1 is 1.16 bits per heavy atom. The zero-order chi connectivity index (χ0) is 22.6. The van der Waals surface area contributed by atoms with Gasteiger partial charge in [0, 0.05) is 19.1 Å². The number of hydrogen-bond acceptors (Lipinski definition) is 3. The van der Waals surface area contributed by atoms with Crippen LogP contribution < -0.4 is 0 Å². The second kappa shape index (κ2) is 10.3. The molecule has 0 amide bonds. The summed E-state index contributed by atoms with van der Waals surface area (Å²) < 4.78 is 45.1. The van der Waals surface area contributed by atoms with E-state index in [4.69, 9.17) is 9.84 Å². The first-order chi connectivity index (χ1) is 14.7. The van der Waals surface area contributed by atoms with E-state index in [2.05, 4.69) is 12.2 Å². The summed E-state index contributed by atoms with van der Waals surface area (Å²) in [5.41, 5.74) is 0.401. The van der Waals surface area contributed by atoms with E-state index in [-0.39, 0.29) is 55.1 Å². The van der Waals surface area contributed by atoms with Gasteiger partial charge in [-0.05, 0) is 80.1 Å². The maximum atomic E-state index is 13.2. The maximum Gasteiger partial charge on any atom is 0.412 e. The molecule has 0 saturated carbocycles. The fraction of sp³-hybridized carbons (Fsp3) is 0.708. The topological polar surface area (TPSA) is 66.8 Å². The van der Waals surface area contributed by atoms with Crippen molar-refractivity contribution in [2.45, 2.75) is 63.6 Å². The van der Waals surface area contributed by atoms with Gasteiger partial charge in [-0.1, -0.05) is 24.3 Å². The Hall–Kier alpha value is -1.60.